The Morgan fingerprint density at radius 2 is 1.72 bits per heavy atom. The van der Waals surface area contributed by atoms with E-state index in [9.17, 15) is 18.0 Å². The van der Waals surface area contributed by atoms with Crippen molar-refractivity contribution in [3.8, 4) is 11.3 Å². The molecule has 0 fully saturated rings. The van der Waals surface area contributed by atoms with E-state index >= 15 is 0 Å². The van der Waals surface area contributed by atoms with Crippen molar-refractivity contribution < 1.29 is 22.5 Å². The number of nitrogens with one attached hydrogen (secondary N) is 2. The van der Waals surface area contributed by atoms with Gasteiger partial charge < -0.3 is 20.1 Å². The van der Waals surface area contributed by atoms with Gasteiger partial charge in [0.25, 0.3) is 5.91 Å². The number of halogens is 3. The second kappa shape index (κ2) is 10.0. The Labute approximate surface area is 187 Å². The van der Waals surface area contributed by atoms with Gasteiger partial charge in [0.15, 0.2) is 11.5 Å². The molecule has 0 spiro atoms. The predicted molar refractivity (Wildman–Crippen MR) is 118 cm³/mol. The number of benzene rings is 1. The van der Waals surface area contributed by atoms with E-state index in [2.05, 4.69) is 15.8 Å². The SMILES string of the molecule is CC(C)C(C)NC(=O)c1noc(-c2ccc(C(F)(F)F)cc2)c1CNC(C)(C)CN(C)C. The van der Waals surface area contributed by atoms with Crippen LogP contribution in [0, 0.1) is 5.92 Å². The van der Waals surface area contributed by atoms with E-state index in [1.54, 1.807) is 0 Å². The fourth-order valence-electron chi connectivity index (χ4n) is 3.30. The van der Waals surface area contributed by atoms with Crippen LogP contribution >= 0.6 is 0 Å². The lowest BCUT2D eigenvalue weighted by Crippen LogP contribution is -2.47. The molecule has 2 aromatic rings. The molecule has 1 aromatic carbocycles. The maximum atomic E-state index is 13.0. The number of nitrogens with zero attached hydrogens (tertiary/aromatic N) is 2. The van der Waals surface area contributed by atoms with Crippen LogP contribution in [0.25, 0.3) is 11.3 Å². The molecular weight excluding hydrogens is 421 g/mol. The zero-order valence-electron chi connectivity index (χ0n) is 19.7. The van der Waals surface area contributed by atoms with Crippen molar-refractivity contribution in [2.45, 2.75) is 58.9 Å². The van der Waals surface area contributed by atoms with Crippen LogP contribution in [0.5, 0.6) is 0 Å². The monoisotopic (exact) mass is 454 g/mol. The first-order valence-corrected chi connectivity index (χ1v) is 10.6. The lowest BCUT2D eigenvalue weighted by atomic mass is 10.0. The average Bonchev–Trinajstić information content (AvgIpc) is 3.08. The molecule has 0 aliphatic rings. The van der Waals surface area contributed by atoms with Crippen molar-refractivity contribution in [1.82, 2.24) is 20.7 Å². The summed E-state index contributed by atoms with van der Waals surface area (Å²) in [5.41, 5.74) is 0.00232. The largest absolute Gasteiger partial charge is 0.416 e. The summed E-state index contributed by atoms with van der Waals surface area (Å²) >= 11 is 0. The topological polar surface area (TPSA) is 70.4 Å². The Morgan fingerprint density at radius 3 is 2.22 bits per heavy atom. The molecule has 1 heterocycles. The van der Waals surface area contributed by atoms with E-state index in [4.69, 9.17) is 4.52 Å². The van der Waals surface area contributed by atoms with Crippen LogP contribution in [0.2, 0.25) is 0 Å². The smallest absolute Gasteiger partial charge is 0.355 e. The zero-order valence-corrected chi connectivity index (χ0v) is 19.7. The van der Waals surface area contributed by atoms with Crippen LogP contribution in [0.4, 0.5) is 13.2 Å². The minimum atomic E-state index is -4.43. The molecule has 1 amide bonds. The van der Waals surface area contributed by atoms with Gasteiger partial charge >= 0.3 is 6.18 Å². The number of amides is 1. The number of hydrogen-bond acceptors (Lipinski definition) is 5. The number of carbonyl (C=O) groups excluding carboxylic acids is 1. The molecule has 1 unspecified atom stereocenters. The Morgan fingerprint density at radius 1 is 1.12 bits per heavy atom. The number of alkyl halides is 3. The molecule has 0 aliphatic carbocycles. The third-order valence-electron chi connectivity index (χ3n) is 5.29. The molecule has 0 saturated heterocycles. The molecule has 1 aromatic heterocycles. The normalized spacial score (nSPS) is 13.6. The summed E-state index contributed by atoms with van der Waals surface area (Å²) in [5, 5.41) is 10.3. The highest BCUT2D eigenvalue weighted by Gasteiger charge is 2.31. The standard InChI is InChI=1S/C23H33F3N4O2/c1-14(2)15(3)28-21(31)19-18(12-27-22(4,5)13-30(6)7)20(32-29-19)16-8-10-17(11-9-16)23(24,25)26/h8-11,14-15,27H,12-13H2,1-7H3,(H,28,31). The third kappa shape index (κ3) is 6.80. The maximum Gasteiger partial charge on any atom is 0.416 e. The van der Waals surface area contributed by atoms with Crippen LogP contribution in [0.3, 0.4) is 0 Å². The van der Waals surface area contributed by atoms with E-state index < -0.39 is 11.7 Å². The first-order valence-electron chi connectivity index (χ1n) is 10.6. The van der Waals surface area contributed by atoms with E-state index in [1.165, 1.54) is 12.1 Å². The highest BCUT2D eigenvalue weighted by molar-refractivity contribution is 5.95. The van der Waals surface area contributed by atoms with Gasteiger partial charge in [0.1, 0.15) is 0 Å². The van der Waals surface area contributed by atoms with Crippen LogP contribution in [0.15, 0.2) is 28.8 Å². The Bertz CT molecular complexity index is 903. The maximum absolute atomic E-state index is 13.0. The van der Waals surface area contributed by atoms with Gasteiger partial charge in [-0.1, -0.05) is 31.1 Å². The van der Waals surface area contributed by atoms with Crippen molar-refractivity contribution >= 4 is 5.91 Å². The molecule has 178 valence electrons. The lowest BCUT2D eigenvalue weighted by molar-refractivity contribution is -0.137. The fourth-order valence-corrected chi connectivity index (χ4v) is 3.30. The Hall–Kier alpha value is -2.39. The molecule has 32 heavy (non-hydrogen) atoms. The van der Waals surface area contributed by atoms with Gasteiger partial charge in [-0.3, -0.25) is 4.79 Å². The molecule has 0 radical (unpaired) electrons. The van der Waals surface area contributed by atoms with Gasteiger partial charge in [0, 0.05) is 35.8 Å². The van der Waals surface area contributed by atoms with Crippen molar-refractivity contribution in [1.29, 1.82) is 0 Å². The van der Waals surface area contributed by atoms with Gasteiger partial charge in [-0.2, -0.15) is 13.2 Å². The number of carbonyl (C=O) groups is 1. The van der Waals surface area contributed by atoms with Gasteiger partial charge in [0.05, 0.1) is 5.56 Å². The fraction of sp³-hybridized carbons (Fsp3) is 0.565. The molecule has 1 atom stereocenters. The Balaban J connectivity index is 2.41. The summed E-state index contributed by atoms with van der Waals surface area (Å²) in [7, 11) is 3.92. The summed E-state index contributed by atoms with van der Waals surface area (Å²) in [6.45, 7) is 10.9. The molecule has 9 heteroatoms. The summed E-state index contributed by atoms with van der Waals surface area (Å²) in [6, 6.07) is 4.56. The molecule has 6 nitrogen and oxygen atoms in total. The number of rotatable bonds is 9. The Kier molecular flexibility index (Phi) is 8.12. The van der Waals surface area contributed by atoms with Crippen molar-refractivity contribution in [3.63, 3.8) is 0 Å². The van der Waals surface area contributed by atoms with E-state index in [-0.39, 0.29) is 41.4 Å². The quantitative estimate of drug-likeness (QED) is 0.581. The number of hydrogen-bond donors (Lipinski definition) is 2. The predicted octanol–water partition coefficient (Wildman–Crippen LogP) is 4.56. The summed E-state index contributed by atoms with van der Waals surface area (Å²) < 4.78 is 44.3. The molecular formula is C23H33F3N4O2. The van der Waals surface area contributed by atoms with E-state index in [1.807, 2.05) is 53.6 Å². The van der Waals surface area contributed by atoms with Gasteiger partial charge in [-0.25, -0.2) is 0 Å². The van der Waals surface area contributed by atoms with E-state index in [0.29, 0.717) is 11.1 Å². The summed E-state index contributed by atoms with van der Waals surface area (Å²) in [6.07, 6.45) is -4.43. The van der Waals surface area contributed by atoms with Crippen LogP contribution in [-0.4, -0.2) is 48.2 Å². The third-order valence-corrected chi connectivity index (χ3v) is 5.29. The molecule has 2 rings (SSSR count). The minimum absolute atomic E-state index is 0.0836. The number of aromatic nitrogens is 1. The first-order chi connectivity index (χ1) is 14.7. The minimum Gasteiger partial charge on any atom is -0.355 e. The van der Waals surface area contributed by atoms with E-state index in [0.717, 1.165) is 18.7 Å². The highest BCUT2D eigenvalue weighted by atomic mass is 19.4. The molecule has 2 N–H and O–H groups in total. The summed E-state index contributed by atoms with van der Waals surface area (Å²) in [5.74, 6) is 0.116. The molecule has 0 saturated carbocycles. The summed E-state index contributed by atoms with van der Waals surface area (Å²) in [4.78, 5) is 14.9. The van der Waals surface area contributed by atoms with Crippen LogP contribution in [-0.2, 0) is 12.7 Å². The highest BCUT2D eigenvalue weighted by Crippen LogP contribution is 2.33. The molecule has 0 bridgehead atoms. The molecule has 0 aliphatic heterocycles. The van der Waals surface area contributed by atoms with Gasteiger partial charge in [-0.15, -0.1) is 0 Å². The average molecular weight is 455 g/mol. The second-order valence-electron chi connectivity index (χ2n) is 9.40. The van der Waals surface area contributed by atoms with Crippen LogP contribution in [0.1, 0.15) is 56.2 Å². The van der Waals surface area contributed by atoms with Crippen molar-refractivity contribution in [2.75, 3.05) is 20.6 Å². The van der Waals surface area contributed by atoms with Gasteiger partial charge in [0.2, 0.25) is 0 Å². The van der Waals surface area contributed by atoms with Crippen molar-refractivity contribution in [2.24, 2.45) is 5.92 Å². The zero-order chi connectivity index (χ0) is 24.3. The van der Waals surface area contributed by atoms with Gasteiger partial charge in [-0.05, 0) is 52.9 Å². The first kappa shape index (κ1) is 25.9. The van der Waals surface area contributed by atoms with Crippen molar-refractivity contribution in [3.05, 3.63) is 41.1 Å². The number of likely N-dealkylation sites (N-methyl/N-ethyl adjacent to an activating group) is 1. The lowest BCUT2D eigenvalue weighted by Gasteiger charge is -2.29. The van der Waals surface area contributed by atoms with Crippen LogP contribution < -0.4 is 10.6 Å². The second-order valence-corrected chi connectivity index (χ2v) is 9.40.